The molecule has 7 nitrogen and oxygen atoms in total. The predicted molar refractivity (Wildman–Crippen MR) is 94.1 cm³/mol. The van der Waals surface area contributed by atoms with Gasteiger partial charge < -0.3 is 5.32 Å². The Hall–Kier alpha value is -3.81. The van der Waals surface area contributed by atoms with E-state index in [9.17, 15) is 14.0 Å². The van der Waals surface area contributed by atoms with Crippen molar-refractivity contribution in [3.05, 3.63) is 77.4 Å². The lowest BCUT2D eigenvalue weighted by atomic mass is 10.2. The number of imidazole rings is 1. The fourth-order valence-electron chi connectivity index (χ4n) is 2.70. The first-order valence-electron chi connectivity index (χ1n) is 7.68. The molecule has 26 heavy (non-hydrogen) atoms. The molecular formula is C18H12FN5O2. The fraction of sp³-hybridized carbons (Fsp3) is 0. The summed E-state index contributed by atoms with van der Waals surface area (Å²) in [6, 6.07) is 9.07. The topological polar surface area (TPSA) is 81.8 Å². The number of benzene rings is 1. The molecule has 0 aliphatic heterocycles. The monoisotopic (exact) mass is 349 g/mol. The molecule has 0 fully saturated rings. The average molecular weight is 349 g/mol. The molecule has 0 atom stereocenters. The van der Waals surface area contributed by atoms with E-state index in [2.05, 4.69) is 15.3 Å². The Morgan fingerprint density at radius 1 is 1.12 bits per heavy atom. The van der Waals surface area contributed by atoms with Gasteiger partial charge in [0.05, 0.1) is 5.39 Å². The summed E-state index contributed by atoms with van der Waals surface area (Å²) >= 11 is 0. The predicted octanol–water partition coefficient (Wildman–Crippen LogP) is 2.28. The van der Waals surface area contributed by atoms with Crippen LogP contribution in [0, 0.1) is 5.82 Å². The quantitative estimate of drug-likeness (QED) is 0.573. The summed E-state index contributed by atoms with van der Waals surface area (Å²) in [6.07, 6.45) is 6.85. The van der Waals surface area contributed by atoms with Crippen molar-refractivity contribution in [2.45, 2.75) is 0 Å². The van der Waals surface area contributed by atoms with Gasteiger partial charge in [-0.3, -0.25) is 18.7 Å². The number of aromatic nitrogens is 4. The van der Waals surface area contributed by atoms with E-state index in [-0.39, 0.29) is 16.9 Å². The van der Waals surface area contributed by atoms with Crippen LogP contribution >= 0.6 is 0 Å². The maximum atomic E-state index is 13.3. The molecule has 1 N–H and O–H groups in total. The van der Waals surface area contributed by atoms with E-state index < -0.39 is 0 Å². The van der Waals surface area contributed by atoms with Crippen molar-refractivity contribution < 1.29 is 9.18 Å². The van der Waals surface area contributed by atoms with E-state index >= 15 is 0 Å². The van der Waals surface area contributed by atoms with Crippen molar-refractivity contribution in [2.24, 2.45) is 0 Å². The third-order valence-electron chi connectivity index (χ3n) is 3.92. The highest BCUT2D eigenvalue weighted by Gasteiger charge is 2.13. The second kappa shape index (κ2) is 6.25. The molecule has 0 aliphatic carbocycles. The number of carbonyl (C=O) groups excluding carboxylic acids is 1. The highest BCUT2D eigenvalue weighted by atomic mass is 19.1. The smallest absolute Gasteiger partial charge is 0.214 e. The van der Waals surface area contributed by atoms with Gasteiger partial charge in [-0.1, -0.05) is 0 Å². The number of hydrogen-bond acceptors (Lipinski definition) is 4. The first-order valence-corrected chi connectivity index (χ1v) is 7.68. The molecule has 1 amide bonds. The normalized spacial score (nSPS) is 10.8. The summed E-state index contributed by atoms with van der Waals surface area (Å²) in [6.45, 7) is 0. The van der Waals surface area contributed by atoms with Gasteiger partial charge in [0.2, 0.25) is 11.8 Å². The Morgan fingerprint density at radius 2 is 1.92 bits per heavy atom. The number of halogens is 1. The molecule has 3 aromatic heterocycles. The van der Waals surface area contributed by atoms with Crippen LogP contribution in [0.15, 0.2) is 66.1 Å². The molecule has 3 heterocycles. The molecule has 0 unspecified atom stereocenters. The van der Waals surface area contributed by atoms with Gasteiger partial charge in [-0.05, 0) is 36.4 Å². The van der Waals surface area contributed by atoms with Crippen molar-refractivity contribution in [1.29, 1.82) is 0 Å². The van der Waals surface area contributed by atoms with Crippen LogP contribution in [0.2, 0.25) is 0 Å². The Morgan fingerprint density at radius 3 is 2.62 bits per heavy atom. The highest BCUT2D eigenvalue weighted by molar-refractivity contribution is 5.84. The van der Waals surface area contributed by atoms with Crippen molar-refractivity contribution in [1.82, 2.24) is 19.1 Å². The first-order chi connectivity index (χ1) is 12.7. The van der Waals surface area contributed by atoms with E-state index in [1.165, 1.54) is 18.3 Å². The number of fused-ring (bicyclic) bond motifs is 1. The van der Waals surface area contributed by atoms with Gasteiger partial charge in [0.1, 0.15) is 23.6 Å². The van der Waals surface area contributed by atoms with E-state index in [0.29, 0.717) is 28.9 Å². The zero-order valence-corrected chi connectivity index (χ0v) is 13.3. The van der Waals surface area contributed by atoms with Crippen molar-refractivity contribution in [3.63, 3.8) is 0 Å². The van der Waals surface area contributed by atoms with Gasteiger partial charge in [-0.15, -0.1) is 0 Å². The van der Waals surface area contributed by atoms with Gasteiger partial charge >= 0.3 is 0 Å². The maximum absolute atomic E-state index is 13.3. The third-order valence-corrected chi connectivity index (χ3v) is 3.92. The minimum absolute atomic E-state index is 0.106. The number of rotatable bonds is 4. The van der Waals surface area contributed by atoms with E-state index in [4.69, 9.17) is 0 Å². The molecule has 4 aromatic rings. The summed E-state index contributed by atoms with van der Waals surface area (Å²) in [4.78, 5) is 32.0. The lowest BCUT2D eigenvalue weighted by molar-refractivity contribution is -0.105. The zero-order valence-electron chi connectivity index (χ0n) is 13.3. The lowest BCUT2D eigenvalue weighted by Gasteiger charge is -2.13. The molecule has 0 aliphatic rings. The van der Waals surface area contributed by atoms with Crippen LogP contribution in [0.3, 0.4) is 0 Å². The van der Waals surface area contributed by atoms with Crippen LogP contribution in [-0.4, -0.2) is 25.5 Å². The lowest BCUT2D eigenvalue weighted by Crippen LogP contribution is -2.16. The number of nitrogens with one attached hydrogen (secondary N) is 1. The van der Waals surface area contributed by atoms with Gasteiger partial charge in [-0.2, -0.15) is 0 Å². The number of anilines is 1. The third kappa shape index (κ3) is 2.63. The molecular weight excluding hydrogens is 337 g/mol. The second-order valence-electron chi connectivity index (χ2n) is 5.49. The minimum atomic E-state index is -0.377. The van der Waals surface area contributed by atoms with Crippen LogP contribution in [0.25, 0.3) is 22.5 Å². The molecule has 0 radical (unpaired) electrons. The van der Waals surface area contributed by atoms with E-state index in [1.807, 2.05) is 0 Å². The summed E-state index contributed by atoms with van der Waals surface area (Å²) in [5.41, 5.74) is 0.731. The maximum Gasteiger partial charge on any atom is 0.214 e. The van der Waals surface area contributed by atoms with Crippen molar-refractivity contribution in [3.8, 4) is 11.5 Å². The van der Waals surface area contributed by atoms with Crippen LogP contribution < -0.4 is 10.7 Å². The van der Waals surface area contributed by atoms with Gasteiger partial charge in [-0.25, -0.2) is 14.4 Å². The number of nitrogens with zero attached hydrogens (tertiary/aromatic N) is 4. The van der Waals surface area contributed by atoms with Gasteiger partial charge in [0.25, 0.3) is 0 Å². The molecule has 0 saturated heterocycles. The zero-order chi connectivity index (χ0) is 18.1. The number of amides is 1. The van der Waals surface area contributed by atoms with E-state index in [0.717, 1.165) is 0 Å². The van der Waals surface area contributed by atoms with Crippen LogP contribution in [0.4, 0.5) is 10.1 Å². The van der Waals surface area contributed by atoms with Crippen LogP contribution in [0.1, 0.15) is 0 Å². The van der Waals surface area contributed by atoms with E-state index in [1.54, 1.807) is 52.1 Å². The Labute approximate surface area is 146 Å². The molecule has 0 bridgehead atoms. The molecule has 4 rings (SSSR count). The van der Waals surface area contributed by atoms with Crippen LogP contribution in [-0.2, 0) is 4.79 Å². The largest absolute Gasteiger partial charge is 0.324 e. The molecule has 1 aromatic carbocycles. The van der Waals surface area contributed by atoms with Crippen molar-refractivity contribution >= 4 is 23.1 Å². The SMILES string of the molecule is O=CNc1cn(-c2ccc(F)cc2)c2nc(-n3ccnc3)ccc2c1=O. The molecule has 0 spiro atoms. The first kappa shape index (κ1) is 15.7. The van der Waals surface area contributed by atoms with Crippen molar-refractivity contribution in [2.75, 3.05) is 5.32 Å². The number of carbonyl (C=O) groups is 1. The summed E-state index contributed by atoms with van der Waals surface area (Å²) < 4.78 is 16.6. The summed E-state index contributed by atoms with van der Waals surface area (Å²) in [7, 11) is 0. The molecule has 8 heteroatoms. The Kier molecular flexibility index (Phi) is 3.77. The summed E-state index contributed by atoms with van der Waals surface area (Å²) in [5.74, 6) is 0.193. The van der Waals surface area contributed by atoms with Gasteiger partial charge in [0.15, 0.2) is 5.65 Å². The number of pyridine rings is 2. The summed E-state index contributed by atoms with van der Waals surface area (Å²) in [5, 5.41) is 2.72. The molecule has 128 valence electrons. The molecule has 0 saturated carbocycles. The average Bonchev–Trinajstić information content (AvgIpc) is 3.19. The fourth-order valence-corrected chi connectivity index (χ4v) is 2.70. The standard InChI is InChI=1S/C18H12FN5O2/c19-12-1-3-13(4-2-12)24-9-15(21-11-25)17(26)14-5-6-16(22-18(14)24)23-8-7-20-10-23/h1-11H,(H,21,25). The highest BCUT2D eigenvalue weighted by Crippen LogP contribution is 2.20. The van der Waals surface area contributed by atoms with Crippen LogP contribution in [0.5, 0.6) is 0 Å². The number of hydrogen-bond donors (Lipinski definition) is 1. The van der Waals surface area contributed by atoms with Gasteiger partial charge in [0, 0.05) is 24.3 Å². The Balaban J connectivity index is 2.04. The second-order valence-corrected chi connectivity index (χ2v) is 5.49. The Bertz CT molecular complexity index is 1150. The minimum Gasteiger partial charge on any atom is -0.324 e.